The molecule has 1 aromatic carbocycles. The molecule has 0 aliphatic carbocycles. The van der Waals surface area contributed by atoms with Crippen molar-refractivity contribution in [2.24, 2.45) is 0 Å². The lowest BCUT2D eigenvalue weighted by Crippen LogP contribution is -2.45. The van der Waals surface area contributed by atoms with Crippen molar-refractivity contribution in [1.82, 2.24) is 10.2 Å². The van der Waals surface area contributed by atoms with Gasteiger partial charge in [0, 0.05) is 31.2 Å². The first kappa shape index (κ1) is 14.8. The summed E-state index contributed by atoms with van der Waals surface area (Å²) in [5, 5.41) is 4.31. The molecule has 3 nitrogen and oxygen atoms in total. The number of morpholine rings is 1. The number of halogens is 1. The highest BCUT2D eigenvalue weighted by Crippen LogP contribution is 2.18. The van der Waals surface area contributed by atoms with Gasteiger partial charge in [-0.3, -0.25) is 0 Å². The molecule has 1 saturated heterocycles. The van der Waals surface area contributed by atoms with E-state index in [0.717, 1.165) is 37.8 Å². The average molecular weight is 283 g/mol. The molecule has 1 fully saturated rings. The number of benzene rings is 1. The Morgan fingerprint density at radius 1 is 1.53 bits per heavy atom. The minimum atomic E-state index is 0.310. The lowest BCUT2D eigenvalue weighted by Gasteiger charge is -2.30. The van der Waals surface area contributed by atoms with Crippen LogP contribution in [0.3, 0.4) is 0 Å². The molecule has 2 atom stereocenters. The standard InChI is InChI=1S/C15H23ClN2O/c1-12(13-4-3-5-14(16)8-13)9-17-10-15-11-18(2)6-7-19-15/h3-5,8,12,15,17H,6-7,9-11H2,1-2H3/t12-,15+/m0/s1. The highest BCUT2D eigenvalue weighted by atomic mass is 35.5. The van der Waals surface area contributed by atoms with Gasteiger partial charge >= 0.3 is 0 Å². The highest BCUT2D eigenvalue weighted by molar-refractivity contribution is 6.30. The highest BCUT2D eigenvalue weighted by Gasteiger charge is 2.17. The summed E-state index contributed by atoms with van der Waals surface area (Å²) in [4.78, 5) is 2.32. The van der Waals surface area contributed by atoms with Gasteiger partial charge in [0.2, 0.25) is 0 Å². The second kappa shape index (κ2) is 7.25. The lowest BCUT2D eigenvalue weighted by molar-refractivity contribution is -0.0180. The van der Waals surface area contributed by atoms with Gasteiger partial charge in [0.1, 0.15) is 0 Å². The number of hydrogen-bond donors (Lipinski definition) is 1. The quantitative estimate of drug-likeness (QED) is 0.897. The molecule has 0 spiro atoms. The molecule has 1 N–H and O–H groups in total. The van der Waals surface area contributed by atoms with Crippen LogP contribution in [0.2, 0.25) is 5.02 Å². The maximum absolute atomic E-state index is 6.01. The molecule has 106 valence electrons. The first-order valence-electron chi connectivity index (χ1n) is 6.91. The van der Waals surface area contributed by atoms with Gasteiger partial charge in [-0.2, -0.15) is 0 Å². The van der Waals surface area contributed by atoms with Crippen molar-refractivity contribution in [3.05, 3.63) is 34.9 Å². The molecule has 0 radical (unpaired) electrons. The number of ether oxygens (including phenoxy) is 1. The van der Waals surface area contributed by atoms with E-state index in [-0.39, 0.29) is 0 Å². The molecule has 0 amide bonds. The third-order valence-corrected chi connectivity index (χ3v) is 3.82. The molecule has 2 rings (SSSR count). The molecule has 0 unspecified atom stereocenters. The maximum Gasteiger partial charge on any atom is 0.0826 e. The molecule has 0 aromatic heterocycles. The van der Waals surface area contributed by atoms with Crippen LogP contribution in [0.5, 0.6) is 0 Å². The van der Waals surface area contributed by atoms with E-state index in [1.54, 1.807) is 0 Å². The number of nitrogens with zero attached hydrogens (tertiary/aromatic N) is 1. The van der Waals surface area contributed by atoms with Crippen molar-refractivity contribution in [1.29, 1.82) is 0 Å². The summed E-state index contributed by atoms with van der Waals surface area (Å²) in [6, 6.07) is 8.09. The predicted molar refractivity (Wildman–Crippen MR) is 80.0 cm³/mol. The summed E-state index contributed by atoms with van der Waals surface area (Å²) >= 11 is 6.01. The van der Waals surface area contributed by atoms with Crippen LogP contribution in [-0.2, 0) is 4.74 Å². The Morgan fingerprint density at radius 3 is 3.11 bits per heavy atom. The third-order valence-electron chi connectivity index (χ3n) is 3.58. The van der Waals surface area contributed by atoms with Gasteiger partial charge in [0.15, 0.2) is 0 Å². The molecule has 1 heterocycles. The van der Waals surface area contributed by atoms with Crippen molar-refractivity contribution in [3.8, 4) is 0 Å². The Hall–Kier alpha value is -0.610. The molecule has 19 heavy (non-hydrogen) atoms. The minimum absolute atomic E-state index is 0.310. The zero-order valence-corrected chi connectivity index (χ0v) is 12.5. The van der Waals surface area contributed by atoms with E-state index < -0.39 is 0 Å². The van der Waals surface area contributed by atoms with Crippen LogP contribution in [0.4, 0.5) is 0 Å². The van der Waals surface area contributed by atoms with Gasteiger partial charge in [-0.25, -0.2) is 0 Å². The van der Waals surface area contributed by atoms with E-state index in [4.69, 9.17) is 16.3 Å². The Bertz CT molecular complexity index is 399. The van der Waals surface area contributed by atoms with Crippen molar-refractivity contribution in [3.63, 3.8) is 0 Å². The second-order valence-corrected chi connectivity index (χ2v) is 5.81. The van der Waals surface area contributed by atoms with Crippen molar-refractivity contribution >= 4 is 11.6 Å². The van der Waals surface area contributed by atoms with Gasteiger partial charge in [0.25, 0.3) is 0 Å². The number of likely N-dealkylation sites (N-methyl/N-ethyl adjacent to an activating group) is 1. The van der Waals surface area contributed by atoms with Crippen LogP contribution in [0, 0.1) is 0 Å². The molecule has 0 saturated carbocycles. The van der Waals surface area contributed by atoms with Gasteiger partial charge in [-0.05, 0) is 30.7 Å². The fourth-order valence-corrected chi connectivity index (χ4v) is 2.58. The van der Waals surface area contributed by atoms with E-state index in [2.05, 4.69) is 30.3 Å². The Morgan fingerprint density at radius 2 is 2.37 bits per heavy atom. The second-order valence-electron chi connectivity index (χ2n) is 5.37. The summed E-state index contributed by atoms with van der Waals surface area (Å²) in [5.41, 5.74) is 1.28. The topological polar surface area (TPSA) is 24.5 Å². The SMILES string of the molecule is C[C@@H](CNC[C@@H]1CN(C)CCO1)c1cccc(Cl)c1. The Labute approximate surface area is 120 Å². The Balaban J connectivity index is 1.73. The van der Waals surface area contributed by atoms with Gasteiger partial charge in [-0.15, -0.1) is 0 Å². The fourth-order valence-electron chi connectivity index (χ4n) is 2.38. The summed E-state index contributed by atoms with van der Waals surface area (Å²) in [6.07, 6.45) is 0.310. The summed E-state index contributed by atoms with van der Waals surface area (Å²) in [5.74, 6) is 0.458. The number of nitrogens with one attached hydrogen (secondary N) is 1. The van der Waals surface area contributed by atoms with Crippen LogP contribution in [0.1, 0.15) is 18.4 Å². The normalized spacial score (nSPS) is 22.4. The van der Waals surface area contributed by atoms with Crippen LogP contribution in [-0.4, -0.2) is 50.8 Å². The number of hydrogen-bond acceptors (Lipinski definition) is 3. The van der Waals surface area contributed by atoms with Crippen molar-refractivity contribution < 1.29 is 4.74 Å². The van der Waals surface area contributed by atoms with Crippen LogP contribution in [0.25, 0.3) is 0 Å². The maximum atomic E-state index is 6.01. The molecule has 1 aliphatic rings. The monoisotopic (exact) mass is 282 g/mol. The lowest BCUT2D eigenvalue weighted by atomic mass is 10.0. The largest absolute Gasteiger partial charge is 0.374 e. The molecule has 0 bridgehead atoms. The third kappa shape index (κ3) is 4.77. The molecule has 1 aromatic rings. The molecule has 1 aliphatic heterocycles. The van der Waals surface area contributed by atoms with Crippen LogP contribution >= 0.6 is 11.6 Å². The van der Waals surface area contributed by atoms with Crippen LogP contribution in [0.15, 0.2) is 24.3 Å². The van der Waals surface area contributed by atoms with Gasteiger partial charge in [0.05, 0.1) is 12.7 Å². The van der Waals surface area contributed by atoms with E-state index in [9.17, 15) is 0 Å². The average Bonchev–Trinajstić information content (AvgIpc) is 2.38. The predicted octanol–water partition coefficient (Wildman–Crippen LogP) is 2.36. The van der Waals surface area contributed by atoms with Crippen LogP contribution < -0.4 is 5.32 Å². The van der Waals surface area contributed by atoms with E-state index in [1.807, 2.05) is 18.2 Å². The van der Waals surface area contributed by atoms with Crippen molar-refractivity contribution in [2.75, 3.05) is 39.8 Å². The molecular formula is C15H23ClN2O. The summed E-state index contributed by atoms with van der Waals surface area (Å²) < 4.78 is 5.73. The van der Waals surface area contributed by atoms with Gasteiger partial charge < -0.3 is 15.0 Å². The minimum Gasteiger partial charge on any atom is -0.374 e. The first-order valence-corrected chi connectivity index (χ1v) is 7.29. The van der Waals surface area contributed by atoms with Crippen molar-refractivity contribution in [2.45, 2.75) is 18.9 Å². The number of rotatable bonds is 5. The van der Waals surface area contributed by atoms with E-state index in [1.165, 1.54) is 5.56 Å². The fraction of sp³-hybridized carbons (Fsp3) is 0.600. The smallest absolute Gasteiger partial charge is 0.0826 e. The summed E-state index contributed by atoms with van der Waals surface area (Å²) in [6.45, 7) is 6.96. The van der Waals surface area contributed by atoms with E-state index >= 15 is 0 Å². The first-order chi connectivity index (χ1) is 9.15. The molecule has 4 heteroatoms. The zero-order valence-electron chi connectivity index (χ0n) is 11.7. The van der Waals surface area contributed by atoms with E-state index in [0.29, 0.717) is 12.0 Å². The summed E-state index contributed by atoms with van der Waals surface area (Å²) in [7, 11) is 2.14. The van der Waals surface area contributed by atoms with Gasteiger partial charge in [-0.1, -0.05) is 30.7 Å². The molecular weight excluding hydrogens is 260 g/mol. The zero-order chi connectivity index (χ0) is 13.7. The Kier molecular flexibility index (Phi) is 5.64.